The number of aryl methyl sites for hydroxylation is 1. The van der Waals surface area contributed by atoms with Crippen LogP contribution in [0.1, 0.15) is 33.4 Å². The van der Waals surface area contributed by atoms with Gasteiger partial charge in [0.2, 0.25) is 5.91 Å². The SMILES string of the molecule is CC(C)CN(Cc1cccn1C)C(=O)CN(C(=O)Nc1ccc([N+](=O)[O-])cc1)C(C)C. The van der Waals surface area contributed by atoms with E-state index in [4.69, 9.17) is 0 Å². The van der Waals surface area contributed by atoms with E-state index in [1.54, 1.807) is 4.90 Å². The van der Waals surface area contributed by atoms with E-state index >= 15 is 0 Å². The van der Waals surface area contributed by atoms with Crippen LogP contribution in [0.2, 0.25) is 0 Å². The average molecular weight is 430 g/mol. The first-order valence-corrected chi connectivity index (χ1v) is 10.3. The quantitative estimate of drug-likeness (QED) is 0.483. The minimum atomic E-state index is -0.499. The molecule has 0 aliphatic carbocycles. The first kappa shape index (κ1) is 23.9. The van der Waals surface area contributed by atoms with E-state index in [-0.39, 0.29) is 30.1 Å². The number of anilines is 1. The van der Waals surface area contributed by atoms with Crippen LogP contribution in [0.5, 0.6) is 0 Å². The number of carbonyl (C=O) groups is 2. The van der Waals surface area contributed by atoms with Crippen molar-refractivity contribution in [2.75, 3.05) is 18.4 Å². The van der Waals surface area contributed by atoms with Crippen molar-refractivity contribution in [2.24, 2.45) is 13.0 Å². The Morgan fingerprint density at radius 2 is 1.77 bits per heavy atom. The molecule has 1 aromatic heterocycles. The zero-order valence-corrected chi connectivity index (χ0v) is 18.7. The van der Waals surface area contributed by atoms with Crippen LogP contribution in [0.25, 0.3) is 0 Å². The maximum absolute atomic E-state index is 13.1. The van der Waals surface area contributed by atoms with Crippen molar-refractivity contribution in [3.8, 4) is 0 Å². The molecule has 9 nitrogen and oxygen atoms in total. The largest absolute Gasteiger partial charge is 0.353 e. The molecule has 9 heteroatoms. The van der Waals surface area contributed by atoms with Crippen molar-refractivity contribution in [3.63, 3.8) is 0 Å². The maximum Gasteiger partial charge on any atom is 0.322 e. The van der Waals surface area contributed by atoms with Gasteiger partial charge in [-0.1, -0.05) is 13.8 Å². The predicted molar refractivity (Wildman–Crippen MR) is 120 cm³/mol. The Morgan fingerprint density at radius 3 is 2.26 bits per heavy atom. The van der Waals surface area contributed by atoms with E-state index in [0.717, 1.165) is 5.69 Å². The molecule has 0 saturated heterocycles. The maximum atomic E-state index is 13.1. The highest BCUT2D eigenvalue weighted by molar-refractivity contribution is 5.92. The fraction of sp³-hybridized carbons (Fsp3) is 0.455. The van der Waals surface area contributed by atoms with Gasteiger partial charge in [-0.25, -0.2) is 4.79 Å². The number of amides is 3. The van der Waals surface area contributed by atoms with Crippen molar-refractivity contribution in [1.29, 1.82) is 0 Å². The molecule has 0 atom stereocenters. The molecule has 1 heterocycles. The number of hydrogen-bond acceptors (Lipinski definition) is 4. The summed E-state index contributed by atoms with van der Waals surface area (Å²) in [6.45, 7) is 8.77. The van der Waals surface area contributed by atoms with Crippen molar-refractivity contribution < 1.29 is 14.5 Å². The molecule has 0 fully saturated rings. The second-order valence-corrected chi connectivity index (χ2v) is 8.23. The molecule has 31 heavy (non-hydrogen) atoms. The molecule has 1 N–H and O–H groups in total. The number of nitro groups is 1. The molecule has 0 spiro atoms. The molecular formula is C22H31N5O4. The Bertz CT molecular complexity index is 905. The molecule has 0 saturated carbocycles. The molecule has 168 valence electrons. The van der Waals surface area contributed by atoms with E-state index in [9.17, 15) is 19.7 Å². The Kier molecular flexibility index (Phi) is 8.18. The highest BCUT2D eigenvalue weighted by atomic mass is 16.6. The number of nitrogens with one attached hydrogen (secondary N) is 1. The first-order chi connectivity index (χ1) is 14.6. The lowest BCUT2D eigenvalue weighted by Gasteiger charge is -2.31. The van der Waals surface area contributed by atoms with Gasteiger partial charge in [0, 0.05) is 49.3 Å². The summed E-state index contributed by atoms with van der Waals surface area (Å²) in [5.74, 6) is 0.146. The lowest BCUT2D eigenvalue weighted by atomic mass is 10.2. The zero-order chi connectivity index (χ0) is 23.1. The average Bonchev–Trinajstić information content (AvgIpc) is 3.09. The second kappa shape index (κ2) is 10.6. The lowest BCUT2D eigenvalue weighted by Crippen LogP contribution is -2.48. The number of nitro benzene ring substituents is 1. The summed E-state index contributed by atoms with van der Waals surface area (Å²) in [5.41, 5.74) is 1.39. The monoisotopic (exact) mass is 429 g/mol. The summed E-state index contributed by atoms with van der Waals surface area (Å²) in [6, 6.07) is 8.86. The minimum absolute atomic E-state index is 0.0566. The Balaban J connectivity index is 2.11. The normalized spacial score (nSPS) is 10.9. The van der Waals surface area contributed by atoms with Gasteiger partial charge in [0.25, 0.3) is 5.69 Å². The fourth-order valence-corrected chi connectivity index (χ4v) is 3.15. The molecule has 0 aliphatic heterocycles. The molecule has 0 radical (unpaired) electrons. The molecular weight excluding hydrogens is 398 g/mol. The third kappa shape index (κ3) is 6.84. The first-order valence-electron chi connectivity index (χ1n) is 10.3. The number of hydrogen-bond donors (Lipinski definition) is 1. The molecule has 0 unspecified atom stereocenters. The summed E-state index contributed by atoms with van der Waals surface area (Å²) in [5, 5.41) is 13.5. The topological polar surface area (TPSA) is 101 Å². The lowest BCUT2D eigenvalue weighted by molar-refractivity contribution is -0.384. The number of carbonyl (C=O) groups excluding carboxylic acids is 2. The number of rotatable bonds is 9. The van der Waals surface area contributed by atoms with Crippen LogP contribution in [0.4, 0.5) is 16.2 Å². The number of benzene rings is 1. The Hall–Kier alpha value is -3.36. The van der Waals surface area contributed by atoms with Crippen LogP contribution in [0.15, 0.2) is 42.6 Å². The molecule has 3 amide bonds. The van der Waals surface area contributed by atoms with Gasteiger partial charge in [-0.3, -0.25) is 14.9 Å². The van der Waals surface area contributed by atoms with E-state index in [1.807, 2.05) is 57.6 Å². The van der Waals surface area contributed by atoms with Crippen molar-refractivity contribution in [1.82, 2.24) is 14.4 Å². The Morgan fingerprint density at radius 1 is 1.13 bits per heavy atom. The van der Waals surface area contributed by atoms with Gasteiger partial charge < -0.3 is 19.7 Å². The van der Waals surface area contributed by atoms with Gasteiger partial charge in [0.15, 0.2) is 0 Å². The third-order valence-corrected chi connectivity index (χ3v) is 4.86. The number of urea groups is 1. The number of nitrogens with zero attached hydrogens (tertiary/aromatic N) is 4. The molecule has 2 aromatic rings. The molecule has 1 aromatic carbocycles. The van der Waals surface area contributed by atoms with Crippen LogP contribution < -0.4 is 5.32 Å². The van der Waals surface area contributed by atoms with Crippen LogP contribution in [0.3, 0.4) is 0 Å². The van der Waals surface area contributed by atoms with Crippen LogP contribution in [-0.4, -0.2) is 50.4 Å². The Labute approximate surface area is 182 Å². The van der Waals surface area contributed by atoms with Crippen LogP contribution in [-0.2, 0) is 18.4 Å². The van der Waals surface area contributed by atoms with Gasteiger partial charge in [-0.2, -0.15) is 0 Å². The highest BCUT2D eigenvalue weighted by Gasteiger charge is 2.24. The van der Waals surface area contributed by atoms with E-state index < -0.39 is 11.0 Å². The number of aromatic nitrogens is 1. The fourth-order valence-electron chi connectivity index (χ4n) is 3.15. The van der Waals surface area contributed by atoms with Gasteiger partial charge in [-0.05, 0) is 44.0 Å². The van der Waals surface area contributed by atoms with Gasteiger partial charge >= 0.3 is 6.03 Å². The zero-order valence-electron chi connectivity index (χ0n) is 18.7. The van der Waals surface area contributed by atoms with E-state index in [1.165, 1.54) is 29.2 Å². The van der Waals surface area contributed by atoms with Gasteiger partial charge in [0.05, 0.1) is 11.5 Å². The standard InChI is InChI=1S/C22H31N5O4/c1-16(2)13-25(14-20-7-6-12-24(20)5)21(28)15-26(17(3)4)22(29)23-18-8-10-19(11-9-18)27(30)31/h6-12,16-17H,13-15H2,1-5H3,(H,23,29). The summed E-state index contributed by atoms with van der Waals surface area (Å²) in [6.07, 6.45) is 1.94. The molecule has 2 rings (SSSR count). The summed E-state index contributed by atoms with van der Waals surface area (Å²) < 4.78 is 1.97. The van der Waals surface area contributed by atoms with E-state index in [2.05, 4.69) is 5.32 Å². The molecule has 0 aliphatic rings. The summed E-state index contributed by atoms with van der Waals surface area (Å²) in [4.78, 5) is 39.5. The number of non-ortho nitro benzene ring substituents is 1. The molecule has 0 bridgehead atoms. The van der Waals surface area contributed by atoms with E-state index in [0.29, 0.717) is 18.8 Å². The van der Waals surface area contributed by atoms with Crippen molar-refractivity contribution in [3.05, 3.63) is 58.4 Å². The second-order valence-electron chi connectivity index (χ2n) is 8.23. The smallest absolute Gasteiger partial charge is 0.322 e. The summed E-state index contributed by atoms with van der Waals surface area (Å²) in [7, 11) is 1.94. The van der Waals surface area contributed by atoms with Gasteiger partial charge in [-0.15, -0.1) is 0 Å². The van der Waals surface area contributed by atoms with Crippen molar-refractivity contribution >= 4 is 23.3 Å². The van der Waals surface area contributed by atoms with Crippen LogP contribution in [0, 0.1) is 16.0 Å². The minimum Gasteiger partial charge on any atom is -0.353 e. The van der Waals surface area contributed by atoms with Crippen LogP contribution >= 0.6 is 0 Å². The van der Waals surface area contributed by atoms with Crippen molar-refractivity contribution in [2.45, 2.75) is 40.3 Å². The highest BCUT2D eigenvalue weighted by Crippen LogP contribution is 2.17. The third-order valence-electron chi connectivity index (χ3n) is 4.86. The predicted octanol–water partition coefficient (Wildman–Crippen LogP) is 3.86. The summed E-state index contributed by atoms with van der Waals surface area (Å²) >= 11 is 0. The van der Waals surface area contributed by atoms with Gasteiger partial charge in [0.1, 0.15) is 6.54 Å².